The fourth-order valence-electron chi connectivity index (χ4n) is 3.73. The van der Waals surface area contributed by atoms with Crippen molar-refractivity contribution in [3.05, 3.63) is 65.7 Å². The molecule has 1 unspecified atom stereocenters. The van der Waals surface area contributed by atoms with Crippen molar-refractivity contribution in [1.29, 1.82) is 0 Å². The van der Waals surface area contributed by atoms with Crippen molar-refractivity contribution < 1.29 is 39.0 Å². The number of nitrogens with zero attached hydrogens (tertiary/aromatic N) is 1. The van der Waals surface area contributed by atoms with Gasteiger partial charge in [0.25, 0.3) is 10.1 Å². The Morgan fingerprint density at radius 3 is 1.84 bits per heavy atom. The van der Waals surface area contributed by atoms with Crippen LogP contribution in [0.15, 0.2) is 54.6 Å². The first kappa shape index (κ1) is 25.2. The maximum atomic E-state index is 11.4. The molecular weight excluding hydrogens is 446 g/mol. The van der Waals surface area contributed by atoms with Crippen molar-refractivity contribution in [2.45, 2.75) is 12.1 Å². The molecule has 2 aromatic carbocycles. The molecule has 0 aromatic heterocycles. The van der Waals surface area contributed by atoms with Crippen LogP contribution in [-0.4, -0.2) is 72.6 Å². The zero-order valence-electron chi connectivity index (χ0n) is 17.8. The summed E-state index contributed by atoms with van der Waals surface area (Å²) >= 11 is 0. The van der Waals surface area contributed by atoms with E-state index in [1.165, 1.54) is 11.1 Å². The second-order valence-electron chi connectivity index (χ2n) is 7.43. The number of ether oxygens (including phenoxy) is 1. The van der Waals surface area contributed by atoms with Gasteiger partial charge in [-0.3, -0.25) is 8.37 Å². The van der Waals surface area contributed by atoms with Gasteiger partial charge in [-0.25, -0.2) is 8.42 Å². The summed E-state index contributed by atoms with van der Waals surface area (Å²) in [6.45, 7) is 1.30. The van der Waals surface area contributed by atoms with Crippen molar-refractivity contribution in [2.75, 3.05) is 40.6 Å². The predicted octanol–water partition coefficient (Wildman–Crippen LogP) is 1.68. The van der Waals surface area contributed by atoms with E-state index in [0.717, 1.165) is 19.1 Å². The Labute approximate surface area is 183 Å². The Morgan fingerprint density at radius 2 is 1.42 bits per heavy atom. The molecule has 172 valence electrons. The van der Waals surface area contributed by atoms with Crippen molar-refractivity contribution in [1.82, 2.24) is 0 Å². The number of likely N-dealkylation sites (N-methyl/N-ethyl adjacent to an activating group) is 1. The van der Waals surface area contributed by atoms with Gasteiger partial charge in [-0.15, -0.1) is 0 Å². The average Bonchev–Trinajstić information content (AvgIpc) is 2.67. The third-order valence-electron chi connectivity index (χ3n) is 4.93. The second-order valence-corrected chi connectivity index (χ2v) is 10.2. The van der Waals surface area contributed by atoms with E-state index in [-0.39, 0.29) is 12.1 Å². The summed E-state index contributed by atoms with van der Waals surface area (Å²) in [6.07, 6.45) is 0.845. The molecule has 0 bridgehead atoms. The molecule has 0 radical (unpaired) electrons. The van der Waals surface area contributed by atoms with E-state index in [4.69, 9.17) is 8.92 Å². The van der Waals surface area contributed by atoms with Crippen LogP contribution < -0.4 is 4.74 Å². The second kappa shape index (κ2) is 10.1. The molecular formula is C20H27NO8S2. The molecule has 31 heavy (non-hydrogen) atoms. The van der Waals surface area contributed by atoms with Crippen molar-refractivity contribution >= 4 is 20.5 Å². The van der Waals surface area contributed by atoms with Crippen molar-refractivity contribution in [3.63, 3.8) is 0 Å². The molecule has 1 fully saturated rings. The van der Waals surface area contributed by atoms with Crippen molar-refractivity contribution in [3.8, 4) is 5.75 Å². The minimum atomic E-state index is -4.41. The minimum absolute atomic E-state index is 0.117. The molecule has 1 saturated heterocycles. The van der Waals surface area contributed by atoms with E-state index in [9.17, 15) is 21.4 Å². The van der Waals surface area contributed by atoms with E-state index in [1.54, 1.807) is 7.11 Å². The molecule has 1 atom stereocenters. The van der Waals surface area contributed by atoms with E-state index in [0.29, 0.717) is 17.6 Å². The van der Waals surface area contributed by atoms with Gasteiger partial charge in [0.1, 0.15) is 24.9 Å². The fourth-order valence-corrected chi connectivity index (χ4v) is 4.35. The van der Waals surface area contributed by atoms with Crippen LogP contribution in [0.25, 0.3) is 0 Å². The SMILES string of the molecule is COS(=O)(=O)[O-].COc1ccc(C(c2ccccc2)[N+]2(C)CC(OS(C)(=O)=O)C2)cc1. The first-order valence-electron chi connectivity index (χ1n) is 9.30. The van der Waals surface area contributed by atoms with E-state index < -0.39 is 20.5 Å². The van der Waals surface area contributed by atoms with Crippen LogP contribution in [-0.2, 0) is 28.9 Å². The van der Waals surface area contributed by atoms with E-state index in [2.05, 4.69) is 35.5 Å². The Hall–Kier alpha value is -2.02. The summed E-state index contributed by atoms with van der Waals surface area (Å²) in [4.78, 5) is 0. The van der Waals surface area contributed by atoms with E-state index >= 15 is 0 Å². The van der Waals surface area contributed by atoms with Gasteiger partial charge < -0.3 is 13.8 Å². The number of hydrogen-bond acceptors (Lipinski definition) is 8. The van der Waals surface area contributed by atoms with Crippen LogP contribution in [0.1, 0.15) is 17.2 Å². The summed E-state index contributed by atoms with van der Waals surface area (Å²) in [6, 6.07) is 18.5. The number of methoxy groups -OCH3 is 1. The highest BCUT2D eigenvalue weighted by molar-refractivity contribution is 7.86. The molecule has 0 N–H and O–H groups in total. The van der Waals surface area contributed by atoms with Crippen LogP contribution in [0.4, 0.5) is 0 Å². The van der Waals surface area contributed by atoms with Crippen LogP contribution in [0.5, 0.6) is 5.75 Å². The highest BCUT2D eigenvalue weighted by atomic mass is 32.3. The van der Waals surface area contributed by atoms with Gasteiger partial charge in [0.15, 0.2) is 6.10 Å². The van der Waals surface area contributed by atoms with Gasteiger partial charge in [0, 0.05) is 11.1 Å². The molecule has 2 aromatic rings. The van der Waals surface area contributed by atoms with Crippen LogP contribution in [0.2, 0.25) is 0 Å². The first-order chi connectivity index (χ1) is 14.4. The Kier molecular flexibility index (Phi) is 8.20. The zero-order valence-corrected chi connectivity index (χ0v) is 19.4. The van der Waals surface area contributed by atoms with Crippen LogP contribution in [0, 0.1) is 0 Å². The molecule has 1 aliphatic rings. The lowest BCUT2D eigenvalue weighted by atomic mass is 9.91. The maximum absolute atomic E-state index is 11.4. The average molecular weight is 474 g/mol. The minimum Gasteiger partial charge on any atom is -0.726 e. The zero-order chi connectivity index (χ0) is 23.3. The van der Waals surface area contributed by atoms with Gasteiger partial charge in [-0.05, 0) is 24.3 Å². The highest BCUT2D eigenvalue weighted by Gasteiger charge is 2.49. The first-order valence-corrected chi connectivity index (χ1v) is 12.4. The molecule has 9 nitrogen and oxygen atoms in total. The summed E-state index contributed by atoms with van der Waals surface area (Å²) in [5, 5.41) is 0. The fraction of sp³-hybridized carbons (Fsp3) is 0.400. The third kappa shape index (κ3) is 7.56. The number of quaternary nitrogens is 1. The van der Waals surface area contributed by atoms with Crippen LogP contribution in [0.3, 0.4) is 0 Å². The molecule has 0 amide bonds. The van der Waals surface area contributed by atoms with E-state index in [1.807, 2.05) is 30.3 Å². The van der Waals surface area contributed by atoms with Crippen LogP contribution >= 0.6 is 0 Å². The smallest absolute Gasteiger partial charge is 0.265 e. The number of rotatable bonds is 7. The number of benzene rings is 2. The molecule has 1 heterocycles. The van der Waals surface area contributed by atoms with Gasteiger partial charge in [-0.1, -0.05) is 30.3 Å². The lowest BCUT2D eigenvalue weighted by Gasteiger charge is -2.51. The number of likely N-dealkylation sites (tertiary alicyclic amines) is 1. The number of hydrogen-bond donors (Lipinski definition) is 0. The molecule has 1 aliphatic heterocycles. The molecule has 11 heteroatoms. The molecule has 3 rings (SSSR count). The Balaban J connectivity index is 0.000000501. The molecule has 0 spiro atoms. The van der Waals surface area contributed by atoms with Gasteiger partial charge in [-0.2, -0.15) is 8.42 Å². The lowest BCUT2D eigenvalue weighted by Crippen LogP contribution is -2.66. The summed E-state index contributed by atoms with van der Waals surface area (Å²) in [5.41, 5.74) is 2.38. The molecule has 0 aliphatic carbocycles. The Bertz CT molecular complexity index is 1050. The topological polar surface area (TPSA) is 119 Å². The molecule has 0 saturated carbocycles. The summed E-state index contributed by atoms with van der Waals surface area (Å²) < 4.78 is 64.9. The third-order valence-corrected chi connectivity index (χ3v) is 5.96. The van der Waals surface area contributed by atoms with Crippen molar-refractivity contribution in [2.24, 2.45) is 0 Å². The highest BCUT2D eigenvalue weighted by Crippen LogP contribution is 2.39. The monoisotopic (exact) mass is 473 g/mol. The maximum Gasteiger partial charge on any atom is 0.265 e. The predicted molar refractivity (Wildman–Crippen MR) is 114 cm³/mol. The summed E-state index contributed by atoms with van der Waals surface area (Å²) in [5.74, 6) is 0.820. The summed E-state index contributed by atoms with van der Waals surface area (Å²) in [7, 11) is -3.23. The largest absolute Gasteiger partial charge is 0.726 e. The normalized spacial score (nSPS) is 21.9. The van der Waals surface area contributed by atoms with Gasteiger partial charge in [0.05, 0.1) is 27.5 Å². The van der Waals surface area contributed by atoms with Gasteiger partial charge in [0.2, 0.25) is 10.4 Å². The quantitative estimate of drug-likeness (QED) is 0.258. The lowest BCUT2D eigenvalue weighted by molar-refractivity contribution is -0.976. The van der Waals surface area contributed by atoms with Gasteiger partial charge >= 0.3 is 0 Å². The Morgan fingerprint density at radius 1 is 0.935 bits per heavy atom. The standard InChI is InChI=1S/C19H24NO4S.CH4O4S/c1-20(13-18(14-20)24-25(3,21)22)19(15-7-5-4-6-8-15)16-9-11-17(23-2)12-10-16;1-5-6(2,3)4/h4-12,18-19H,13-14H2,1-3H3;1H3,(H,2,3,4)/q+1;/p-1.